The molecule has 2 rings (SSSR count). The van der Waals surface area contributed by atoms with E-state index in [2.05, 4.69) is 44.9 Å². The standard InChI is InChI=1S/C15H21N3/c1-5-6-13-9-14(16)18(17-13)15-11(3)7-10(2)8-12(15)4/h7-9H,5-6,16H2,1-4H3. The molecular formula is C15H21N3. The van der Waals surface area contributed by atoms with Crippen molar-refractivity contribution in [2.24, 2.45) is 0 Å². The molecule has 0 aliphatic heterocycles. The van der Waals surface area contributed by atoms with E-state index in [9.17, 15) is 0 Å². The van der Waals surface area contributed by atoms with Crippen molar-refractivity contribution in [3.63, 3.8) is 0 Å². The van der Waals surface area contributed by atoms with Crippen LogP contribution < -0.4 is 5.73 Å². The summed E-state index contributed by atoms with van der Waals surface area (Å²) < 4.78 is 1.87. The van der Waals surface area contributed by atoms with Crippen LogP contribution >= 0.6 is 0 Å². The van der Waals surface area contributed by atoms with Crippen LogP contribution in [-0.4, -0.2) is 9.78 Å². The molecule has 0 fully saturated rings. The van der Waals surface area contributed by atoms with E-state index in [4.69, 9.17) is 5.73 Å². The van der Waals surface area contributed by atoms with Gasteiger partial charge in [-0.15, -0.1) is 0 Å². The summed E-state index contributed by atoms with van der Waals surface area (Å²) >= 11 is 0. The van der Waals surface area contributed by atoms with E-state index in [0.29, 0.717) is 5.82 Å². The third-order valence-electron chi connectivity index (χ3n) is 3.14. The third kappa shape index (κ3) is 2.26. The van der Waals surface area contributed by atoms with Crippen molar-refractivity contribution >= 4 is 5.82 Å². The molecule has 0 atom stereocenters. The van der Waals surface area contributed by atoms with Gasteiger partial charge in [-0.25, -0.2) is 4.68 Å². The molecule has 0 aliphatic rings. The Labute approximate surface area is 109 Å². The number of hydrogen-bond acceptors (Lipinski definition) is 2. The molecule has 2 N–H and O–H groups in total. The van der Waals surface area contributed by atoms with Crippen LogP contribution in [0.4, 0.5) is 5.82 Å². The predicted molar refractivity (Wildman–Crippen MR) is 76.2 cm³/mol. The van der Waals surface area contributed by atoms with Crippen LogP contribution in [0.2, 0.25) is 0 Å². The third-order valence-corrected chi connectivity index (χ3v) is 3.14. The molecule has 3 nitrogen and oxygen atoms in total. The lowest BCUT2D eigenvalue weighted by molar-refractivity contribution is 0.804. The smallest absolute Gasteiger partial charge is 0.127 e. The largest absolute Gasteiger partial charge is 0.384 e. The summed E-state index contributed by atoms with van der Waals surface area (Å²) in [5.41, 5.74) is 12.0. The first-order valence-electron chi connectivity index (χ1n) is 6.45. The van der Waals surface area contributed by atoms with Gasteiger partial charge in [-0.1, -0.05) is 31.0 Å². The van der Waals surface area contributed by atoms with Gasteiger partial charge in [0.05, 0.1) is 11.4 Å². The van der Waals surface area contributed by atoms with E-state index < -0.39 is 0 Å². The zero-order valence-corrected chi connectivity index (χ0v) is 11.6. The molecule has 96 valence electrons. The number of rotatable bonds is 3. The van der Waals surface area contributed by atoms with Crippen LogP contribution in [0.5, 0.6) is 0 Å². The first-order chi connectivity index (χ1) is 8.52. The molecule has 0 bridgehead atoms. The Morgan fingerprint density at radius 2 is 1.72 bits per heavy atom. The Bertz CT molecular complexity index is 544. The molecule has 0 unspecified atom stereocenters. The second kappa shape index (κ2) is 4.84. The summed E-state index contributed by atoms with van der Waals surface area (Å²) in [4.78, 5) is 0. The average Bonchev–Trinajstić information content (AvgIpc) is 2.59. The highest BCUT2D eigenvalue weighted by Gasteiger charge is 2.11. The van der Waals surface area contributed by atoms with E-state index in [1.807, 2.05) is 10.7 Å². The van der Waals surface area contributed by atoms with Gasteiger partial charge in [0, 0.05) is 6.07 Å². The SMILES string of the molecule is CCCc1cc(N)n(-c2c(C)cc(C)cc2C)n1. The monoisotopic (exact) mass is 243 g/mol. The van der Waals surface area contributed by atoms with Gasteiger partial charge in [-0.05, 0) is 38.3 Å². The van der Waals surface area contributed by atoms with Gasteiger partial charge in [-0.3, -0.25) is 0 Å². The molecule has 0 saturated carbocycles. The summed E-state index contributed by atoms with van der Waals surface area (Å²) in [5.74, 6) is 0.716. The van der Waals surface area contributed by atoms with Crippen molar-refractivity contribution in [3.05, 3.63) is 40.6 Å². The van der Waals surface area contributed by atoms with Crippen LogP contribution in [-0.2, 0) is 6.42 Å². The minimum absolute atomic E-state index is 0.716. The van der Waals surface area contributed by atoms with Crippen molar-refractivity contribution in [2.75, 3.05) is 5.73 Å². The molecule has 2 aromatic rings. The average molecular weight is 243 g/mol. The van der Waals surface area contributed by atoms with Crippen LogP contribution in [0.3, 0.4) is 0 Å². The van der Waals surface area contributed by atoms with Crippen LogP contribution in [0, 0.1) is 20.8 Å². The number of anilines is 1. The fourth-order valence-corrected chi connectivity index (χ4v) is 2.51. The Hall–Kier alpha value is -1.77. The zero-order valence-electron chi connectivity index (χ0n) is 11.6. The van der Waals surface area contributed by atoms with Crippen LogP contribution in [0.25, 0.3) is 5.69 Å². The topological polar surface area (TPSA) is 43.8 Å². The Balaban J connectivity index is 2.55. The van der Waals surface area contributed by atoms with Gasteiger partial charge >= 0.3 is 0 Å². The van der Waals surface area contributed by atoms with E-state index in [0.717, 1.165) is 24.2 Å². The molecule has 0 aliphatic carbocycles. The number of nitrogens with zero attached hydrogens (tertiary/aromatic N) is 2. The maximum absolute atomic E-state index is 6.08. The summed E-state index contributed by atoms with van der Waals surface area (Å²) in [6, 6.07) is 6.31. The molecule has 1 heterocycles. The maximum Gasteiger partial charge on any atom is 0.127 e. The summed E-state index contributed by atoms with van der Waals surface area (Å²) in [7, 11) is 0. The van der Waals surface area contributed by atoms with Gasteiger partial charge in [0.1, 0.15) is 5.82 Å². The second-order valence-electron chi connectivity index (χ2n) is 4.97. The van der Waals surface area contributed by atoms with E-state index >= 15 is 0 Å². The lowest BCUT2D eigenvalue weighted by Gasteiger charge is -2.12. The summed E-state index contributed by atoms with van der Waals surface area (Å²) in [5, 5.41) is 4.61. The fraction of sp³-hybridized carbons (Fsp3) is 0.400. The van der Waals surface area contributed by atoms with Gasteiger partial charge in [0.25, 0.3) is 0 Å². The van der Waals surface area contributed by atoms with E-state index in [1.54, 1.807) is 0 Å². The highest BCUT2D eigenvalue weighted by atomic mass is 15.3. The van der Waals surface area contributed by atoms with Gasteiger partial charge in [0.2, 0.25) is 0 Å². The molecule has 1 aromatic heterocycles. The molecule has 0 saturated heterocycles. The number of aryl methyl sites for hydroxylation is 4. The second-order valence-corrected chi connectivity index (χ2v) is 4.97. The molecule has 0 amide bonds. The normalized spacial score (nSPS) is 10.9. The van der Waals surface area contributed by atoms with Crippen molar-refractivity contribution < 1.29 is 0 Å². The van der Waals surface area contributed by atoms with Crippen LogP contribution in [0.15, 0.2) is 18.2 Å². The highest BCUT2D eigenvalue weighted by Crippen LogP contribution is 2.23. The van der Waals surface area contributed by atoms with Crippen molar-refractivity contribution in [1.82, 2.24) is 9.78 Å². The Morgan fingerprint density at radius 3 is 2.28 bits per heavy atom. The Kier molecular flexibility index (Phi) is 3.41. The van der Waals surface area contributed by atoms with Crippen molar-refractivity contribution in [3.8, 4) is 5.69 Å². The van der Waals surface area contributed by atoms with Crippen molar-refractivity contribution in [2.45, 2.75) is 40.5 Å². The molecular weight excluding hydrogens is 222 g/mol. The van der Waals surface area contributed by atoms with Gasteiger partial charge in [-0.2, -0.15) is 5.10 Å². The molecule has 3 heteroatoms. The van der Waals surface area contributed by atoms with E-state index in [-0.39, 0.29) is 0 Å². The van der Waals surface area contributed by atoms with Gasteiger partial charge in [0.15, 0.2) is 0 Å². The number of aromatic nitrogens is 2. The van der Waals surface area contributed by atoms with Gasteiger partial charge < -0.3 is 5.73 Å². The lowest BCUT2D eigenvalue weighted by atomic mass is 10.1. The Morgan fingerprint density at radius 1 is 1.11 bits per heavy atom. The first kappa shape index (κ1) is 12.7. The lowest BCUT2D eigenvalue weighted by Crippen LogP contribution is -2.06. The van der Waals surface area contributed by atoms with E-state index in [1.165, 1.54) is 16.7 Å². The van der Waals surface area contributed by atoms with Crippen LogP contribution in [0.1, 0.15) is 35.7 Å². The summed E-state index contributed by atoms with van der Waals surface area (Å²) in [6.07, 6.45) is 2.06. The zero-order chi connectivity index (χ0) is 13.3. The summed E-state index contributed by atoms with van der Waals surface area (Å²) in [6.45, 7) is 8.47. The molecule has 0 radical (unpaired) electrons. The fourth-order valence-electron chi connectivity index (χ4n) is 2.51. The number of benzene rings is 1. The minimum atomic E-state index is 0.716. The first-order valence-corrected chi connectivity index (χ1v) is 6.45. The molecule has 0 spiro atoms. The maximum atomic E-state index is 6.08. The number of nitrogens with two attached hydrogens (primary N) is 1. The minimum Gasteiger partial charge on any atom is -0.384 e. The number of hydrogen-bond donors (Lipinski definition) is 1. The molecule has 18 heavy (non-hydrogen) atoms. The highest BCUT2D eigenvalue weighted by molar-refractivity contribution is 5.53. The number of nitrogen functional groups attached to an aromatic ring is 1. The predicted octanol–water partition coefficient (Wildman–Crippen LogP) is 3.33. The molecule has 1 aromatic carbocycles. The van der Waals surface area contributed by atoms with Crippen molar-refractivity contribution in [1.29, 1.82) is 0 Å². The quantitative estimate of drug-likeness (QED) is 0.898.